The van der Waals surface area contributed by atoms with Gasteiger partial charge >= 0.3 is 0 Å². The highest BCUT2D eigenvalue weighted by atomic mass is 32.4. The Bertz CT molecular complexity index is 413. The van der Waals surface area contributed by atoms with E-state index >= 15 is 0 Å². The van der Waals surface area contributed by atoms with E-state index in [1.807, 2.05) is 0 Å². The number of benzene rings is 1. The van der Waals surface area contributed by atoms with E-state index in [4.69, 9.17) is 0 Å². The van der Waals surface area contributed by atoms with Crippen LogP contribution in [0.15, 0.2) is 42.5 Å². The third kappa shape index (κ3) is 5.31. The van der Waals surface area contributed by atoms with Crippen molar-refractivity contribution < 1.29 is 0 Å². The van der Waals surface area contributed by atoms with Crippen LogP contribution in [0.4, 0.5) is 0 Å². The van der Waals surface area contributed by atoms with Crippen molar-refractivity contribution in [3.63, 3.8) is 0 Å². The van der Waals surface area contributed by atoms with E-state index in [0.29, 0.717) is 0 Å². The minimum atomic E-state index is -1.29. The third-order valence-electron chi connectivity index (χ3n) is 4.75. The Morgan fingerprint density at radius 1 is 0.864 bits per heavy atom. The Balaban J connectivity index is 2.47. The molecule has 0 aliphatic rings. The van der Waals surface area contributed by atoms with E-state index in [-0.39, 0.29) is 0 Å². The van der Waals surface area contributed by atoms with Crippen molar-refractivity contribution in [2.45, 2.75) is 71.0 Å². The predicted octanol–water partition coefficient (Wildman–Crippen LogP) is 7.08. The summed E-state index contributed by atoms with van der Waals surface area (Å²) < 4.78 is 0. The molecule has 124 valence electrons. The largest absolute Gasteiger partial charge is 0.180 e. The molecule has 0 aliphatic carbocycles. The molecule has 2 heteroatoms. The van der Waals surface area contributed by atoms with Gasteiger partial charge in [0.1, 0.15) is 7.22 Å². The van der Waals surface area contributed by atoms with Crippen molar-refractivity contribution in [2.75, 3.05) is 5.75 Å². The van der Waals surface area contributed by atoms with Crippen LogP contribution in [-0.4, -0.2) is 13.0 Å². The molecule has 0 spiro atoms. The zero-order valence-electron chi connectivity index (χ0n) is 15.3. The zero-order valence-corrected chi connectivity index (χ0v) is 17.1. The van der Waals surface area contributed by atoms with Crippen LogP contribution in [0.1, 0.15) is 53.5 Å². The van der Waals surface area contributed by atoms with Gasteiger partial charge in [0.05, 0.1) is 0 Å². The number of hydrogen-bond donors (Lipinski definition) is 0. The first kappa shape index (κ1) is 19.6. The first-order valence-electron chi connectivity index (χ1n) is 8.74. The van der Waals surface area contributed by atoms with Crippen molar-refractivity contribution in [1.29, 1.82) is 0 Å². The number of rotatable bonds is 9. The Kier molecular flexibility index (Phi) is 8.56. The molecule has 22 heavy (non-hydrogen) atoms. The normalized spacial score (nSPS) is 13.0. The Hall–Kier alpha value is -0.473. The van der Waals surface area contributed by atoms with Gasteiger partial charge in [-0.1, -0.05) is 84.0 Å². The molecular formula is C20H34SSi. The van der Waals surface area contributed by atoms with Gasteiger partial charge in [-0.3, -0.25) is 0 Å². The standard InChI is InChI=1S/C20H34SSi/c1-17(2)22(18(3)4,19(5)6)21-16-12-8-11-15-20-13-9-7-10-14-20/h7-10,12-14,17-19H,11,15-16H2,1-6H3/b12-8+. The lowest BCUT2D eigenvalue weighted by Crippen LogP contribution is -2.41. The van der Waals surface area contributed by atoms with E-state index < -0.39 is 7.22 Å². The van der Waals surface area contributed by atoms with E-state index in [1.165, 1.54) is 11.3 Å². The number of allylic oxidation sites excluding steroid dienone is 1. The van der Waals surface area contributed by atoms with Gasteiger partial charge < -0.3 is 0 Å². The molecule has 0 amide bonds. The highest BCUT2D eigenvalue weighted by molar-refractivity contribution is 8.29. The fourth-order valence-corrected chi connectivity index (χ4v) is 13.4. The maximum Gasteiger partial charge on any atom is 0.125 e. The van der Waals surface area contributed by atoms with Gasteiger partial charge in [-0.2, -0.15) is 11.2 Å². The van der Waals surface area contributed by atoms with Crippen molar-refractivity contribution in [2.24, 2.45) is 0 Å². The summed E-state index contributed by atoms with van der Waals surface area (Å²) in [6.07, 6.45) is 7.09. The SMILES string of the molecule is CC(C)[Si](SC/C=C/CCc1ccccc1)(C(C)C)C(C)C. The van der Waals surface area contributed by atoms with Crippen LogP contribution in [0.5, 0.6) is 0 Å². The molecule has 0 aliphatic heterocycles. The van der Waals surface area contributed by atoms with Crippen molar-refractivity contribution in [3.8, 4) is 0 Å². The highest BCUT2D eigenvalue weighted by Gasteiger charge is 2.42. The minimum absolute atomic E-state index is 0.843. The van der Waals surface area contributed by atoms with Gasteiger partial charge in [-0.25, -0.2) is 0 Å². The summed E-state index contributed by atoms with van der Waals surface area (Å²) in [4.78, 5) is 0. The van der Waals surface area contributed by atoms with Gasteiger partial charge in [0.25, 0.3) is 0 Å². The molecule has 0 unspecified atom stereocenters. The van der Waals surface area contributed by atoms with Gasteiger partial charge in [-0.05, 0) is 35.0 Å². The van der Waals surface area contributed by atoms with Crippen LogP contribution in [0.25, 0.3) is 0 Å². The van der Waals surface area contributed by atoms with Crippen LogP contribution in [0, 0.1) is 0 Å². The number of aryl methyl sites for hydroxylation is 1. The molecule has 0 N–H and O–H groups in total. The molecule has 0 radical (unpaired) electrons. The van der Waals surface area contributed by atoms with E-state index in [2.05, 4.69) is 95.2 Å². The molecule has 1 aromatic carbocycles. The van der Waals surface area contributed by atoms with Crippen molar-refractivity contribution in [3.05, 3.63) is 48.0 Å². The lowest BCUT2D eigenvalue weighted by molar-refractivity contribution is 0.851. The van der Waals surface area contributed by atoms with Crippen LogP contribution >= 0.6 is 11.2 Å². The van der Waals surface area contributed by atoms with Crippen molar-refractivity contribution in [1.82, 2.24) is 0 Å². The van der Waals surface area contributed by atoms with Crippen LogP contribution < -0.4 is 0 Å². The topological polar surface area (TPSA) is 0 Å². The molecule has 0 fully saturated rings. The van der Waals surface area contributed by atoms with Gasteiger partial charge in [-0.15, -0.1) is 0 Å². The third-order valence-corrected chi connectivity index (χ3v) is 17.3. The lowest BCUT2D eigenvalue weighted by atomic mass is 10.1. The highest BCUT2D eigenvalue weighted by Crippen LogP contribution is 2.49. The molecule has 0 heterocycles. The molecule has 0 aromatic heterocycles. The van der Waals surface area contributed by atoms with Gasteiger partial charge in [0.15, 0.2) is 0 Å². The Morgan fingerprint density at radius 2 is 1.41 bits per heavy atom. The summed E-state index contributed by atoms with van der Waals surface area (Å²) in [5, 5.41) is 0. The minimum Gasteiger partial charge on any atom is -0.180 e. The molecule has 0 saturated heterocycles. The molecule has 1 rings (SSSR count). The fourth-order valence-electron chi connectivity index (χ4n) is 3.77. The summed E-state index contributed by atoms with van der Waals surface area (Å²) in [5.41, 5.74) is 3.97. The molecule has 1 aromatic rings. The Morgan fingerprint density at radius 3 is 1.91 bits per heavy atom. The average Bonchev–Trinajstić information content (AvgIpc) is 2.46. The summed E-state index contributed by atoms with van der Waals surface area (Å²) in [6, 6.07) is 10.8. The summed E-state index contributed by atoms with van der Waals surface area (Å²) in [6.45, 7) is 14.7. The first-order valence-corrected chi connectivity index (χ1v) is 12.7. The van der Waals surface area contributed by atoms with Crippen LogP contribution in [0.2, 0.25) is 16.6 Å². The molecular weight excluding hydrogens is 300 g/mol. The van der Waals surface area contributed by atoms with Crippen molar-refractivity contribution >= 4 is 18.4 Å². The van der Waals surface area contributed by atoms with E-state index in [9.17, 15) is 0 Å². The maximum atomic E-state index is 2.44. The second-order valence-electron chi connectivity index (χ2n) is 7.12. The molecule has 0 atom stereocenters. The second-order valence-corrected chi connectivity index (χ2v) is 15.9. The monoisotopic (exact) mass is 334 g/mol. The maximum absolute atomic E-state index is 2.44. The quantitative estimate of drug-likeness (QED) is 0.343. The number of hydrogen-bond acceptors (Lipinski definition) is 1. The predicted molar refractivity (Wildman–Crippen MR) is 107 cm³/mol. The Labute approximate surface area is 143 Å². The summed E-state index contributed by atoms with van der Waals surface area (Å²) in [5.74, 6) is 1.19. The van der Waals surface area contributed by atoms with Gasteiger partial charge in [0, 0.05) is 5.75 Å². The van der Waals surface area contributed by atoms with E-state index in [0.717, 1.165) is 29.5 Å². The van der Waals surface area contributed by atoms with Crippen LogP contribution in [-0.2, 0) is 6.42 Å². The molecule has 0 saturated carbocycles. The second kappa shape index (κ2) is 9.62. The van der Waals surface area contributed by atoms with Crippen LogP contribution in [0.3, 0.4) is 0 Å². The summed E-state index contributed by atoms with van der Waals surface area (Å²) >= 11 is 2.29. The summed E-state index contributed by atoms with van der Waals surface area (Å²) in [7, 11) is -1.29. The molecule has 0 nitrogen and oxygen atoms in total. The first-order chi connectivity index (χ1) is 10.4. The fraction of sp³-hybridized carbons (Fsp3) is 0.600. The smallest absolute Gasteiger partial charge is 0.125 e. The molecule has 0 bridgehead atoms. The van der Waals surface area contributed by atoms with Gasteiger partial charge in [0.2, 0.25) is 0 Å². The van der Waals surface area contributed by atoms with E-state index in [1.54, 1.807) is 0 Å². The zero-order chi connectivity index (χ0) is 16.6. The average molecular weight is 335 g/mol. The lowest BCUT2D eigenvalue weighted by Gasteiger charge is -2.42.